The van der Waals surface area contributed by atoms with E-state index in [1.54, 1.807) is 0 Å². The first-order chi connectivity index (χ1) is 7.83. The molecule has 0 aromatic carbocycles. The third-order valence-electron chi connectivity index (χ3n) is 3.20. The molecule has 0 spiro atoms. The smallest absolute Gasteiger partial charge is 0.0593 e. The molecule has 0 bridgehead atoms. The van der Waals surface area contributed by atoms with Crippen LogP contribution in [0.4, 0.5) is 0 Å². The molecule has 1 fully saturated rings. The van der Waals surface area contributed by atoms with Gasteiger partial charge in [-0.05, 0) is 32.9 Å². The average Bonchev–Trinajstić information content (AvgIpc) is 2.30. The SMILES string of the molecule is CCCCOCCN(C)CC1CCCCN1. The van der Waals surface area contributed by atoms with Crippen molar-refractivity contribution >= 4 is 0 Å². The van der Waals surface area contributed by atoms with E-state index >= 15 is 0 Å². The summed E-state index contributed by atoms with van der Waals surface area (Å²) in [5.74, 6) is 0. The lowest BCUT2D eigenvalue weighted by atomic mass is 10.0. The first kappa shape index (κ1) is 13.9. The Hall–Kier alpha value is -0.120. The topological polar surface area (TPSA) is 24.5 Å². The summed E-state index contributed by atoms with van der Waals surface area (Å²) >= 11 is 0. The van der Waals surface area contributed by atoms with Gasteiger partial charge in [-0.25, -0.2) is 0 Å². The number of hydrogen-bond donors (Lipinski definition) is 1. The number of ether oxygens (including phenoxy) is 1. The van der Waals surface area contributed by atoms with Crippen molar-refractivity contribution in [3.63, 3.8) is 0 Å². The Morgan fingerprint density at radius 3 is 2.88 bits per heavy atom. The zero-order valence-corrected chi connectivity index (χ0v) is 11.0. The van der Waals surface area contributed by atoms with E-state index in [1.807, 2.05) is 0 Å². The minimum atomic E-state index is 0.703. The van der Waals surface area contributed by atoms with Crippen molar-refractivity contribution in [3.8, 4) is 0 Å². The van der Waals surface area contributed by atoms with Gasteiger partial charge >= 0.3 is 0 Å². The summed E-state index contributed by atoms with van der Waals surface area (Å²) in [7, 11) is 2.19. The zero-order valence-electron chi connectivity index (χ0n) is 11.0. The fourth-order valence-electron chi connectivity index (χ4n) is 2.12. The zero-order chi connectivity index (χ0) is 11.6. The highest BCUT2D eigenvalue weighted by molar-refractivity contribution is 4.74. The second-order valence-electron chi connectivity index (χ2n) is 4.87. The molecule has 96 valence electrons. The Kier molecular flexibility index (Phi) is 7.81. The molecule has 0 amide bonds. The van der Waals surface area contributed by atoms with Crippen LogP contribution in [0.15, 0.2) is 0 Å². The number of likely N-dealkylation sites (N-methyl/N-ethyl adjacent to an activating group) is 1. The largest absolute Gasteiger partial charge is 0.380 e. The van der Waals surface area contributed by atoms with Crippen LogP contribution in [0.5, 0.6) is 0 Å². The average molecular weight is 228 g/mol. The molecule has 0 aliphatic carbocycles. The lowest BCUT2D eigenvalue weighted by molar-refractivity contribution is 0.105. The molecule has 16 heavy (non-hydrogen) atoms. The Balaban J connectivity index is 1.95. The van der Waals surface area contributed by atoms with Crippen molar-refractivity contribution in [1.82, 2.24) is 10.2 Å². The monoisotopic (exact) mass is 228 g/mol. The number of rotatable bonds is 8. The highest BCUT2D eigenvalue weighted by Crippen LogP contribution is 2.07. The summed E-state index contributed by atoms with van der Waals surface area (Å²) in [5, 5.41) is 3.58. The lowest BCUT2D eigenvalue weighted by Crippen LogP contribution is -2.43. The minimum Gasteiger partial charge on any atom is -0.380 e. The van der Waals surface area contributed by atoms with Crippen molar-refractivity contribution in [2.75, 3.05) is 39.9 Å². The fourth-order valence-corrected chi connectivity index (χ4v) is 2.12. The molecule has 1 saturated heterocycles. The maximum atomic E-state index is 5.57. The third-order valence-corrected chi connectivity index (χ3v) is 3.20. The molecule has 1 aliphatic heterocycles. The predicted octanol–water partition coefficient (Wildman–Crippen LogP) is 1.88. The molecule has 0 saturated carbocycles. The van der Waals surface area contributed by atoms with Crippen molar-refractivity contribution in [2.24, 2.45) is 0 Å². The van der Waals surface area contributed by atoms with E-state index in [0.717, 1.165) is 26.3 Å². The molecule has 1 heterocycles. The van der Waals surface area contributed by atoms with Crippen molar-refractivity contribution < 1.29 is 4.74 Å². The van der Waals surface area contributed by atoms with Gasteiger partial charge in [-0.3, -0.25) is 0 Å². The van der Waals surface area contributed by atoms with E-state index in [4.69, 9.17) is 4.74 Å². The summed E-state index contributed by atoms with van der Waals surface area (Å²) in [6.07, 6.45) is 6.48. The maximum absolute atomic E-state index is 5.57. The van der Waals surface area contributed by atoms with Crippen LogP contribution in [0.1, 0.15) is 39.0 Å². The van der Waals surface area contributed by atoms with E-state index < -0.39 is 0 Å². The number of nitrogens with one attached hydrogen (secondary N) is 1. The summed E-state index contributed by atoms with van der Waals surface area (Å²) in [5.41, 5.74) is 0. The van der Waals surface area contributed by atoms with Gasteiger partial charge in [0.2, 0.25) is 0 Å². The van der Waals surface area contributed by atoms with Gasteiger partial charge in [0.05, 0.1) is 6.61 Å². The second-order valence-corrected chi connectivity index (χ2v) is 4.87. The van der Waals surface area contributed by atoms with E-state index in [0.29, 0.717) is 6.04 Å². The minimum absolute atomic E-state index is 0.703. The fraction of sp³-hybridized carbons (Fsp3) is 1.00. The molecule has 1 rings (SSSR count). The van der Waals surface area contributed by atoms with E-state index in [1.165, 1.54) is 38.6 Å². The molecule has 1 aliphatic rings. The normalized spacial score (nSPS) is 21.6. The molecule has 1 atom stereocenters. The van der Waals surface area contributed by atoms with Crippen LogP contribution in [0.25, 0.3) is 0 Å². The Labute approximate surface area is 101 Å². The van der Waals surface area contributed by atoms with Crippen LogP contribution >= 0.6 is 0 Å². The van der Waals surface area contributed by atoms with Crippen LogP contribution in [0.3, 0.4) is 0 Å². The Morgan fingerprint density at radius 2 is 2.19 bits per heavy atom. The first-order valence-corrected chi connectivity index (χ1v) is 6.82. The van der Waals surface area contributed by atoms with Gasteiger partial charge in [0, 0.05) is 25.7 Å². The van der Waals surface area contributed by atoms with E-state index in [2.05, 4.69) is 24.2 Å². The molecule has 1 N–H and O–H groups in total. The molecule has 3 nitrogen and oxygen atoms in total. The van der Waals surface area contributed by atoms with Gasteiger partial charge in [0.1, 0.15) is 0 Å². The van der Waals surface area contributed by atoms with Gasteiger partial charge in [-0.15, -0.1) is 0 Å². The third kappa shape index (κ3) is 6.46. The number of unbranched alkanes of at least 4 members (excludes halogenated alkanes) is 1. The highest BCUT2D eigenvalue weighted by atomic mass is 16.5. The summed E-state index contributed by atoms with van der Waals surface area (Å²) in [4.78, 5) is 2.38. The van der Waals surface area contributed by atoms with Gasteiger partial charge in [-0.1, -0.05) is 19.8 Å². The molecule has 0 aromatic heterocycles. The van der Waals surface area contributed by atoms with Gasteiger partial charge in [0.15, 0.2) is 0 Å². The second kappa shape index (κ2) is 8.97. The molecular weight excluding hydrogens is 200 g/mol. The van der Waals surface area contributed by atoms with Gasteiger partial charge in [-0.2, -0.15) is 0 Å². The van der Waals surface area contributed by atoms with Crippen LogP contribution < -0.4 is 5.32 Å². The molecular formula is C13H28N2O. The Morgan fingerprint density at radius 1 is 1.31 bits per heavy atom. The van der Waals surface area contributed by atoms with Crippen molar-refractivity contribution in [2.45, 2.75) is 45.1 Å². The molecule has 1 unspecified atom stereocenters. The summed E-state index contributed by atoms with van der Waals surface area (Å²) in [6, 6.07) is 0.703. The Bertz CT molecular complexity index is 158. The van der Waals surface area contributed by atoms with E-state index in [9.17, 15) is 0 Å². The van der Waals surface area contributed by atoms with Crippen molar-refractivity contribution in [1.29, 1.82) is 0 Å². The maximum Gasteiger partial charge on any atom is 0.0593 e. The number of nitrogens with zero attached hydrogens (tertiary/aromatic N) is 1. The quantitative estimate of drug-likeness (QED) is 0.642. The highest BCUT2D eigenvalue weighted by Gasteiger charge is 2.13. The molecule has 0 aromatic rings. The van der Waals surface area contributed by atoms with Crippen molar-refractivity contribution in [3.05, 3.63) is 0 Å². The van der Waals surface area contributed by atoms with Crippen LogP contribution in [0, 0.1) is 0 Å². The first-order valence-electron chi connectivity index (χ1n) is 6.82. The number of piperidine rings is 1. The van der Waals surface area contributed by atoms with Crippen LogP contribution in [-0.4, -0.2) is 50.8 Å². The molecule has 3 heteroatoms. The van der Waals surface area contributed by atoms with Crippen LogP contribution in [0.2, 0.25) is 0 Å². The predicted molar refractivity (Wildman–Crippen MR) is 68.9 cm³/mol. The van der Waals surface area contributed by atoms with E-state index in [-0.39, 0.29) is 0 Å². The standard InChI is InChI=1S/C13H28N2O/c1-3-4-10-16-11-9-15(2)12-13-7-5-6-8-14-13/h13-14H,3-12H2,1-2H3. The molecule has 0 radical (unpaired) electrons. The van der Waals surface area contributed by atoms with Crippen LogP contribution in [-0.2, 0) is 4.74 Å². The number of hydrogen-bond acceptors (Lipinski definition) is 3. The van der Waals surface area contributed by atoms with Gasteiger partial charge in [0.25, 0.3) is 0 Å². The summed E-state index contributed by atoms with van der Waals surface area (Å²) in [6.45, 7) is 7.42. The summed E-state index contributed by atoms with van der Waals surface area (Å²) < 4.78 is 5.57. The van der Waals surface area contributed by atoms with Gasteiger partial charge < -0.3 is 15.0 Å². The lowest BCUT2D eigenvalue weighted by Gasteiger charge is -2.28.